The highest BCUT2D eigenvalue weighted by Crippen LogP contribution is 2.28. The molecule has 5 rings (SSSR count). The summed E-state index contributed by atoms with van der Waals surface area (Å²) in [6.07, 6.45) is 4.47. The van der Waals surface area contributed by atoms with Crippen LogP contribution in [-0.4, -0.2) is 45.1 Å². The highest BCUT2D eigenvalue weighted by Gasteiger charge is 2.27. The van der Waals surface area contributed by atoms with Crippen LogP contribution in [-0.2, 0) is 17.7 Å². The largest absolute Gasteiger partial charge is 0.381 e. The lowest BCUT2D eigenvalue weighted by atomic mass is 9.99. The van der Waals surface area contributed by atoms with Crippen molar-refractivity contribution in [2.75, 3.05) is 13.2 Å². The van der Waals surface area contributed by atoms with Crippen LogP contribution in [0.3, 0.4) is 0 Å². The Labute approximate surface area is 174 Å². The van der Waals surface area contributed by atoms with E-state index >= 15 is 0 Å². The number of aryl methyl sites for hydroxylation is 1. The first-order chi connectivity index (χ1) is 14.8. The summed E-state index contributed by atoms with van der Waals surface area (Å²) in [7, 11) is 0. The van der Waals surface area contributed by atoms with E-state index in [-0.39, 0.29) is 11.9 Å². The number of carbonyl (C=O) groups excluding carboxylic acids is 1. The van der Waals surface area contributed by atoms with E-state index in [0.717, 1.165) is 69.1 Å². The van der Waals surface area contributed by atoms with Crippen molar-refractivity contribution in [3.05, 3.63) is 53.7 Å². The van der Waals surface area contributed by atoms with Gasteiger partial charge in [0.05, 0.1) is 0 Å². The van der Waals surface area contributed by atoms with E-state index in [1.165, 1.54) is 0 Å². The lowest BCUT2D eigenvalue weighted by Gasteiger charge is -2.22. The minimum atomic E-state index is -0.201. The number of ether oxygens (including phenoxy) is 1. The molecule has 4 heterocycles. The fourth-order valence-corrected chi connectivity index (χ4v) is 4.29. The molecule has 1 fully saturated rings. The zero-order valence-corrected chi connectivity index (χ0v) is 16.8. The molecule has 1 N–H and O–H groups in total. The molecule has 0 aliphatic carbocycles. The minimum absolute atomic E-state index is 0.0682. The van der Waals surface area contributed by atoms with Crippen LogP contribution in [0.5, 0.6) is 0 Å². The smallest absolute Gasteiger partial charge is 0.273 e. The first-order valence-corrected chi connectivity index (χ1v) is 10.6. The molecule has 1 saturated heterocycles. The van der Waals surface area contributed by atoms with Gasteiger partial charge < -0.3 is 19.1 Å². The summed E-state index contributed by atoms with van der Waals surface area (Å²) in [4.78, 5) is 12.7. The van der Waals surface area contributed by atoms with Crippen molar-refractivity contribution in [2.45, 2.75) is 50.6 Å². The number of benzene rings is 1. The van der Waals surface area contributed by atoms with Crippen molar-refractivity contribution in [3.63, 3.8) is 0 Å². The van der Waals surface area contributed by atoms with Gasteiger partial charge in [0.25, 0.3) is 5.91 Å². The number of carbonyl (C=O) groups is 1. The number of nitrogens with one attached hydrogen (secondary N) is 1. The first kappa shape index (κ1) is 19.0. The second kappa shape index (κ2) is 8.39. The second-order valence-electron chi connectivity index (χ2n) is 7.95. The van der Waals surface area contributed by atoms with Gasteiger partial charge in [-0.2, -0.15) is 0 Å². The number of rotatable bonds is 4. The summed E-state index contributed by atoms with van der Waals surface area (Å²) >= 11 is 0. The Morgan fingerprint density at radius 1 is 1.07 bits per heavy atom. The minimum Gasteiger partial charge on any atom is -0.381 e. The van der Waals surface area contributed by atoms with Gasteiger partial charge in [-0.15, -0.1) is 10.2 Å². The Hall–Kier alpha value is -3.00. The molecule has 2 aliphatic rings. The quantitative estimate of drug-likeness (QED) is 0.714. The molecular formula is C22H25N5O3. The van der Waals surface area contributed by atoms with Gasteiger partial charge >= 0.3 is 0 Å². The molecule has 0 radical (unpaired) electrons. The molecule has 0 saturated carbocycles. The number of aromatic nitrogens is 4. The standard InChI is InChI=1S/C22H25N5O3/c28-22(18-14-19(30-26-18)15-4-2-1-3-5-15)23-17-6-7-20-24-25-21(27(20)11-8-17)16-9-12-29-13-10-16/h1-5,14,16-17H,6-13H2,(H,23,28). The fraction of sp³-hybridized carbons (Fsp3) is 0.455. The van der Waals surface area contributed by atoms with Crippen LogP contribution in [0, 0.1) is 0 Å². The maximum Gasteiger partial charge on any atom is 0.273 e. The lowest BCUT2D eigenvalue weighted by molar-refractivity contribution is 0.0826. The predicted molar refractivity (Wildman–Crippen MR) is 109 cm³/mol. The summed E-state index contributed by atoms with van der Waals surface area (Å²) in [6, 6.07) is 11.4. The Bertz CT molecular complexity index is 1010. The number of hydrogen-bond donors (Lipinski definition) is 1. The molecule has 2 aromatic heterocycles. The SMILES string of the molecule is O=C(NC1CCc2nnc(C3CCOCC3)n2CC1)c1cc(-c2ccccc2)on1. The maximum atomic E-state index is 12.7. The van der Waals surface area contributed by atoms with Crippen LogP contribution in [0.15, 0.2) is 40.9 Å². The maximum absolute atomic E-state index is 12.7. The third kappa shape index (κ3) is 3.87. The van der Waals surface area contributed by atoms with Gasteiger partial charge in [0.1, 0.15) is 11.6 Å². The van der Waals surface area contributed by atoms with Crippen LogP contribution in [0.4, 0.5) is 0 Å². The van der Waals surface area contributed by atoms with Crippen LogP contribution in [0.25, 0.3) is 11.3 Å². The van der Waals surface area contributed by atoms with Gasteiger partial charge in [0.2, 0.25) is 0 Å². The van der Waals surface area contributed by atoms with E-state index in [1.54, 1.807) is 6.07 Å². The number of hydrogen-bond acceptors (Lipinski definition) is 6. The van der Waals surface area contributed by atoms with Gasteiger partial charge in [-0.05, 0) is 25.7 Å². The zero-order chi connectivity index (χ0) is 20.3. The third-order valence-corrected chi connectivity index (χ3v) is 6.00. The Balaban J connectivity index is 1.23. The van der Waals surface area contributed by atoms with E-state index in [1.807, 2.05) is 30.3 Å². The summed E-state index contributed by atoms with van der Waals surface area (Å²) < 4.78 is 13.1. The normalized spacial score (nSPS) is 19.8. The van der Waals surface area contributed by atoms with E-state index in [9.17, 15) is 4.79 Å². The Morgan fingerprint density at radius 3 is 2.73 bits per heavy atom. The molecular weight excluding hydrogens is 382 g/mol. The van der Waals surface area contributed by atoms with E-state index in [4.69, 9.17) is 9.26 Å². The van der Waals surface area contributed by atoms with Crippen molar-refractivity contribution in [2.24, 2.45) is 0 Å². The molecule has 2 aliphatic heterocycles. The van der Waals surface area contributed by atoms with Crippen molar-refractivity contribution in [1.29, 1.82) is 0 Å². The topological polar surface area (TPSA) is 95.1 Å². The van der Waals surface area contributed by atoms with E-state index < -0.39 is 0 Å². The lowest BCUT2D eigenvalue weighted by Crippen LogP contribution is -2.35. The average molecular weight is 407 g/mol. The molecule has 3 aromatic rings. The molecule has 1 unspecified atom stereocenters. The van der Waals surface area contributed by atoms with Gasteiger partial charge in [-0.1, -0.05) is 35.5 Å². The van der Waals surface area contributed by atoms with Gasteiger partial charge in [-0.25, -0.2) is 0 Å². The Kier molecular flexibility index (Phi) is 5.31. The molecule has 8 heteroatoms. The summed E-state index contributed by atoms with van der Waals surface area (Å²) in [5, 5.41) is 16.0. The number of fused-ring (bicyclic) bond motifs is 1. The molecule has 0 bridgehead atoms. The van der Waals surface area contributed by atoms with Gasteiger partial charge in [0, 0.05) is 49.8 Å². The van der Waals surface area contributed by atoms with E-state index in [2.05, 4.69) is 25.2 Å². The van der Waals surface area contributed by atoms with Gasteiger partial charge in [0.15, 0.2) is 11.5 Å². The van der Waals surface area contributed by atoms with Gasteiger partial charge in [-0.3, -0.25) is 4.79 Å². The summed E-state index contributed by atoms with van der Waals surface area (Å²) in [5.41, 5.74) is 1.21. The molecule has 8 nitrogen and oxygen atoms in total. The summed E-state index contributed by atoms with van der Waals surface area (Å²) in [5.74, 6) is 2.89. The molecule has 1 atom stereocenters. The Morgan fingerprint density at radius 2 is 1.90 bits per heavy atom. The van der Waals surface area contributed by atoms with Crippen LogP contribution in [0.2, 0.25) is 0 Å². The fourth-order valence-electron chi connectivity index (χ4n) is 4.29. The van der Waals surface area contributed by atoms with Crippen molar-refractivity contribution in [1.82, 2.24) is 25.2 Å². The number of nitrogens with zero attached hydrogens (tertiary/aromatic N) is 4. The number of amides is 1. The molecule has 156 valence electrons. The summed E-state index contributed by atoms with van der Waals surface area (Å²) in [6.45, 7) is 2.39. The third-order valence-electron chi connectivity index (χ3n) is 6.00. The monoisotopic (exact) mass is 407 g/mol. The van der Waals surface area contributed by atoms with E-state index in [0.29, 0.717) is 17.4 Å². The highest BCUT2D eigenvalue weighted by atomic mass is 16.5. The van der Waals surface area contributed by atoms with Crippen molar-refractivity contribution in [3.8, 4) is 11.3 Å². The highest BCUT2D eigenvalue weighted by molar-refractivity contribution is 5.93. The van der Waals surface area contributed by atoms with Crippen LogP contribution < -0.4 is 5.32 Å². The molecule has 1 aromatic carbocycles. The molecule has 0 spiro atoms. The second-order valence-corrected chi connectivity index (χ2v) is 7.95. The zero-order valence-electron chi connectivity index (χ0n) is 16.8. The molecule has 1 amide bonds. The van der Waals surface area contributed by atoms with Crippen LogP contribution >= 0.6 is 0 Å². The predicted octanol–water partition coefficient (Wildman–Crippen LogP) is 2.96. The van der Waals surface area contributed by atoms with Crippen molar-refractivity contribution >= 4 is 5.91 Å². The average Bonchev–Trinajstić information content (AvgIpc) is 3.40. The van der Waals surface area contributed by atoms with Crippen LogP contribution in [0.1, 0.15) is 53.7 Å². The molecule has 30 heavy (non-hydrogen) atoms. The first-order valence-electron chi connectivity index (χ1n) is 10.6. The van der Waals surface area contributed by atoms with Crippen molar-refractivity contribution < 1.29 is 14.1 Å².